The molecule has 0 radical (unpaired) electrons. The molecule has 39 heavy (non-hydrogen) atoms. The number of aryl methyl sites for hydroxylation is 3. The van der Waals surface area contributed by atoms with Crippen LogP contribution in [-0.2, 0) is 15.3 Å². The monoisotopic (exact) mass is 557 g/mol. The Hall–Kier alpha value is -3.95. The number of aliphatic hydroxyl groups is 1. The first-order valence-corrected chi connectivity index (χ1v) is 14.1. The van der Waals surface area contributed by atoms with Crippen molar-refractivity contribution in [1.29, 1.82) is 0 Å². The number of hydrogen-bond acceptors (Lipinski definition) is 8. The lowest BCUT2D eigenvalue weighted by Crippen LogP contribution is -2.29. The van der Waals surface area contributed by atoms with E-state index < -0.39 is 17.7 Å². The van der Waals surface area contributed by atoms with Gasteiger partial charge in [-0.25, -0.2) is 0 Å². The molecule has 198 valence electrons. The van der Waals surface area contributed by atoms with Crippen LogP contribution in [0.2, 0.25) is 0 Å². The van der Waals surface area contributed by atoms with E-state index in [1.807, 2.05) is 39.0 Å². The Labute approximate surface area is 235 Å². The van der Waals surface area contributed by atoms with Crippen molar-refractivity contribution in [1.82, 2.24) is 10.2 Å². The molecule has 7 nitrogen and oxygen atoms in total. The smallest absolute Gasteiger partial charge is 0.301 e. The normalized spacial score (nSPS) is 16.6. The summed E-state index contributed by atoms with van der Waals surface area (Å²) in [5, 5.41) is 20.4. The highest BCUT2D eigenvalue weighted by molar-refractivity contribution is 8.00. The molecule has 3 aromatic carbocycles. The summed E-state index contributed by atoms with van der Waals surface area (Å²) in [7, 11) is 1.55. The molecule has 1 unspecified atom stereocenters. The molecule has 0 spiro atoms. The Morgan fingerprint density at radius 2 is 1.74 bits per heavy atom. The number of benzene rings is 3. The molecule has 1 fully saturated rings. The first kappa shape index (κ1) is 26.6. The van der Waals surface area contributed by atoms with Gasteiger partial charge in [0, 0.05) is 11.3 Å². The summed E-state index contributed by atoms with van der Waals surface area (Å²) < 4.78 is 6.09. The Morgan fingerprint density at radius 1 is 1.00 bits per heavy atom. The highest BCUT2D eigenvalue weighted by atomic mass is 32.2. The summed E-state index contributed by atoms with van der Waals surface area (Å²) in [4.78, 5) is 28.3. The highest BCUT2D eigenvalue weighted by Crippen LogP contribution is 2.45. The van der Waals surface area contributed by atoms with E-state index in [1.165, 1.54) is 33.6 Å². The minimum Gasteiger partial charge on any atom is -0.507 e. The lowest BCUT2D eigenvalue weighted by Gasteiger charge is -2.23. The van der Waals surface area contributed by atoms with Crippen molar-refractivity contribution < 1.29 is 19.4 Å². The minimum atomic E-state index is -0.900. The summed E-state index contributed by atoms with van der Waals surface area (Å²) >= 11 is 2.75. The SMILES string of the molecule is COc1cccc(C2/C(=C(\O)c3cc(C)ccc3C)C(=O)C(=O)N2c2nnc(SCc3ccc(C)cc3)s2)c1. The average Bonchev–Trinajstić information content (AvgIpc) is 3.51. The molecular weight excluding hydrogens is 530 g/mol. The fraction of sp³-hybridized carbons (Fsp3) is 0.200. The third-order valence-corrected chi connectivity index (χ3v) is 8.71. The minimum absolute atomic E-state index is 0.00557. The van der Waals surface area contributed by atoms with Crippen molar-refractivity contribution >= 4 is 45.7 Å². The Balaban J connectivity index is 1.57. The molecule has 9 heteroatoms. The molecule has 1 aliphatic heterocycles. The van der Waals surface area contributed by atoms with Gasteiger partial charge in [0.25, 0.3) is 5.78 Å². The Morgan fingerprint density at radius 3 is 2.49 bits per heavy atom. The van der Waals surface area contributed by atoms with Crippen LogP contribution in [0.1, 0.15) is 39.4 Å². The number of thioether (sulfide) groups is 1. The van der Waals surface area contributed by atoms with Gasteiger partial charge in [0.05, 0.1) is 18.7 Å². The average molecular weight is 558 g/mol. The van der Waals surface area contributed by atoms with Crippen molar-refractivity contribution in [3.05, 3.63) is 106 Å². The number of carbonyl (C=O) groups is 2. The number of ether oxygens (including phenoxy) is 1. The predicted molar refractivity (Wildman–Crippen MR) is 154 cm³/mol. The van der Waals surface area contributed by atoms with Crippen molar-refractivity contribution in [2.24, 2.45) is 0 Å². The third-order valence-electron chi connectivity index (χ3n) is 6.59. The summed E-state index contributed by atoms with van der Waals surface area (Å²) in [6.07, 6.45) is 0. The second-order valence-corrected chi connectivity index (χ2v) is 11.6. The fourth-order valence-corrected chi connectivity index (χ4v) is 6.30. The standard InChI is InChI=1S/C30H27N3O4S2/c1-17-9-12-20(13-10-17)16-38-30-32-31-29(39-30)33-25(21-6-5-7-22(15-21)37-4)24(27(35)28(33)36)26(34)23-14-18(2)8-11-19(23)3/h5-15,25,34H,16H2,1-4H3/b26-24+. The summed E-state index contributed by atoms with van der Waals surface area (Å²) in [6.45, 7) is 5.81. The number of carbonyl (C=O) groups excluding carboxylic acids is 2. The number of rotatable bonds is 7. The van der Waals surface area contributed by atoms with Crippen LogP contribution in [0.4, 0.5) is 5.13 Å². The van der Waals surface area contributed by atoms with Gasteiger partial charge in [0.15, 0.2) is 4.34 Å². The van der Waals surface area contributed by atoms with Crippen LogP contribution in [-0.4, -0.2) is 34.1 Å². The van der Waals surface area contributed by atoms with Crippen LogP contribution in [0, 0.1) is 20.8 Å². The molecule has 1 saturated heterocycles. The molecule has 0 bridgehead atoms. The van der Waals surface area contributed by atoms with Crippen LogP contribution < -0.4 is 9.64 Å². The molecule has 1 amide bonds. The van der Waals surface area contributed by atoms with Gasteiger partial charge in [-0.1, -0.05) is 82.8 Å². The number of nitrogens with zero attached hydrogens (tertiary/aromatic N) is 3. The molecule has 5 rings (SSSR count). The maximum atomic E-state index is 13.5. The highest BCUT2D eigenvalue weighted by Gasteiger charge is 2.48. The number of Topliss-reactive ketones (excluding diaryl/α,β-unsaturated/α-hetero) is 1. The molecule has 1 N–H and O–H groups in total. The zero-order valence-corrected chi connectivity index (χ0v) is 23.6. The number of anilines is 1. The van der Waals surface area contributed by atoms with Gasteiger partial charge in [0.2, 0.25) is 5.13 Å². The van der Waals surface area contributed by atoms with E-state index in [9.17, 15) is 14.7 Å². The van der Waals surface area contributed by atoms with Crippen LogP contribution in [0.5, 0.6) is 5.75 Å². The van der Waals surface area contributed by atoms with E-state index in [0.717, 1.165) is 16.7 Å². The van der Waals surface area contributed by atoms with Crippen LogP contribution in [0.25, 0.3) is 5.76 Å². The number of ketones is 1. The van der Waals surface area contributed by atoms with Gasteiger partial charge in [-0.15, -0.1) is 10.2 Å². The van der Waals surface area contributed by atoms with Crippen LogP contribution in [0.3, 0.4) is 0 Å². The molecule has 1 aliphatic rings. The largest absolute Gasteiger partial charge is 0.507 e. The molecule has 4 aromatic rings. The lowest BCUT2D eigenvalue weighted by atomic mass is 9.93. The zero-order chi connectivity index (χ0) is 27.7. The van der Waals surface area contributed by atoms with Crippen molar-refractivity contribution in [2.45, 2.75) is 36.9 Å². The van der Waals surface area contributed by atoms with Gasteiger partial charge in [0.1, 0.15) is 11.5 Å². The maximum Gasteiger partial charge on any atom is 0.301 e. The quantitative estimate of drug-likeness (QED) is 0.0925. The van der Waals surface area contributed by atoms with Crippen LogP contribution in [0.15, 0.2) is 76.6 Å². The van der Waals surface area contributed by atoms with E-state index in [4.69, 9.17) is 4.74 Å². The summed E-state index contributed by atoms with van der Waals surface area (Å²) in [5.41, 5.74) is 5.18. The Kier molecular flexibility index (Phi) is 7.54. The topological polar surface area (TPSA) is 92.6 Å². The van der Waals surface area contributed by atoms with Crippen LogP contribution >= 0.6 is 23.1 Å². The molecule has 2 heterocycles. The van der Waals surface area contributed by atoms with E-state index in [2.05, 4.69) is 34.5 Å². The van der Waals surface area contributed by atoms with E-state index in [0.29, 0.717) is 27.0 Å². The van der Waals surface area contributed by atoms with E-state index in [1.54, 1.807) is 31.4 Å². The molecule has 0 aliphatic carbocycles. The second-order valence-electron chi connectivity index (χ2n) is 9.39. The van der Waals surface area contributed by atoms with E-state index >= 15 is 0 Å². The number of hydrogen-bond donors (Lipinski definition) is 1. The molecule has 0 saturated carbocycles. The number of aromatic nitrogens is 2. The van der Waals surface area contributed by atoms with E-state index in [-0.39, 0.29) is 16.5 Å². The van der Waals surface area contributed by atoms with Gasteiger partial charge in [-0.3, -0.25) is 14.5 Å². The Bertz CT molecular complexity index is 1590. The van der Waals surface area contributed by atoms with Crippen molar-refractivity contribution in [2.75, 3.05) is 12.0 Å². The number of methoxy groups -OCH3 is 1. The summed E-state index contributed by atoms with van der Waals surface area (Å²) in [6, 6.07) is 20.1. The number of amides is 1. The first-order valence-electron chi connectivity index (χ1n) is 12.3. The molecular formula is C30H27N3O4S2. The van der Waals surface area contributed by atoms with Crippen molar-refractivity contribution in [3.8, 4) is 5.75 Å². The predicted octanol–water partition coefficient (Wildman–Crippen LogP) is 6.39. The second kappa shape index (κ2) is 11.0. The third kappa shape index (κ3) is 5.32. The van der Waals surface area contributed by atoms with Gasteiger partial charge in [-0.05, 0) is 55.7 Å². The number of aliphatic hydroxyl groups excluding tert-OH is 1. The first-order chi connectivity index (χ1) is 18.8. The van der Waals surface area contributed by atoms with Gasteiger partial charge in [-0.2, -0.15) is 0 Å². The fourth-order valence-electron chi connectivity index (χ4n) is 4.48. The molecule has 1 aromatic heterocycles. The lowest BCUT2D eigenvalue weighted by molar-refractivity contribution is -0.132. The molecule has 1 atom stereocenters. The van der Waals surface area contributed by atoms with Crippen molar-refractivity contribution in [3.63, 3.8) is 0 Å². The van der Waals surface area contributed by atoms with Gasteiger partial charge < -0.3 is 9.84 Å². The zero-order valence-electron chi connectivity index (χ0n) is 22.0. The van der Waals surface area contributed by atoms with Gasteiger partial charge >= 0.3 is 5.91 Å². The summed E-state index contributed by atoms with van der Waals surface area (Å²) in [5.74, 6) is -0.495. The maximum absolute atomic E-state index is 13.5.